The average molecular weight is 309 g/mol. The van der Waals surface area contributed by atoms with Gasteiger partial charge in [-0.1, -0.05) is 47.4 Å². The summed E-state index contributed by atoms with van der Waals surface area (Å²) < 4.78 is 0.849. The molecule has 2 rings (SSSR count). The number of carbonyl (C=O) groups excluding carboxylic acids is 1. The number of nitrogens with zero attached hydrogens (tertiary/aromatic N) is 2. The first kappa shape index (κ1) is 14.8. The van der Waals surface area contributed by atoms with Crippen molar-refractivity contribution in [1.82, 2.24) is 15.6 Å². The van der Waals surface area contributed by atoms with Crippen molar-refractivity contribution in [2.24, 2.45) is 5.84 Å². The van der Waals surface area contributed by atoms with Crippen molar-refractivity contribution in [2.45, 2.75) is 22.9 Å². The molecule has 1 amide bonds. The minimum absolute atomic E-state index is 0.198. The van der Waals surface area contributed by atoms with Crippen molar-refractivity contribution in [3.8, 4) is 0 Å². The first-order valence-electron chi connectivity index (χ1n) is 5.91. The molecule has 0 bridgehead atoms. The van der Waals surface area contributed by atoms with Gasteiger partial charge in [0.25, 0.3) is 0 Å². The predicted molar refractivity (Wildman–Crippen MR) is 81.1 cm³/mol. The first-order valence-corrected chi connectivity index (χ1v) is 7.71. The molecule has 106 valence electrons. The lowest BCUT2D eigenvalue weighted by Crippen LogP contribution is -2.33. The molecule has 0 spiro atoms. The van der Waals surface area contributed by atoms with E-state index in [4.69, 9.17) is 11.6 Å². The Kier molecular flexibility index (Phi) is 4.94. The number of hydrogen-bond donors (Lipinski definition) is 3. The Morgan fingerprint density at radius 3 is 2.65 bits per heavy atom. The monoisotopic (exact) mass is 309 g/mol. The van der Waals surface area contributed by atoms with Gasteiger partial charge in [-0.2, -0.15) is 0 Å². The minimum atomic E-state index is -0.260. The molecule has 0 fully saturated rings. The highest BCUT2D eigenvalue weighted by molar-refractivity contribution is 8.00. The van der Waals surface area contributed by atoms with Crippen molar-refractivity contribution in [3.05, 3.63) is 35.4 Å². The molecule has 1 aromatic carbocycles. The van der Waals surface area contributed by atoms with Crippen LogP contribution in [0.25, 0.3) is 0 Å². The van der Waals surface area contributed by atoms with Crippen molar-refractivity contribution in [1.29, 1.82) is 0 Å². The Balaban J connectivity index is 1.96. The van der Waals surface area contributed by atoms with Crippen LogP contribution in [-0.4, -0.2) is 16.1 Å². The number of amides is 1. The lowest BCUT2D eigenvalue weighted by molar-refractivity contribution is -0.122. The van der Waals surface area contributed by atoms with Crippen molar-refractivity contribution in [2.75, 3.05) is 5.73 Å². The predicted octanol–water partition coefficient (Wildman–Crippen LogP) is 1.51. The van der Waals surface area contributed by atoms with Crippen LogP contribution in [0.1, 0.15) is 24.0 Å². The smallest absolute Gasteiger partial charge is 0.241 e. The third-order valence-corrected chi connectivity index (χ3v) is 4.76. The highest BCUT2D eigenvalue weighted by Crippen LogP contribution is 2.27. The van der Waals surface area contributed by atoms with E-state index in [2.05, 4.69) is 15.6 Å². The zero-order valence-corrected chi connectivity index (χ0v) is 12.5. The van der Waals surface area contributed by atoms with Gasteiger partial charge in [-0.05, 0) is 18.1 Å². The van der Waals surface area contributed by atoms with E-state index in [0.717, 1.165) is 21.2 Å². The van der Waals surface area contributed by atoms with Gasteiger partial charge in [-0.15, -0.1) is 10.2 Å². The second-order valence-corrected chi connectivity index (χ2v) is 6.40. The summed E-state index contributed by atoms with van der Waals surface area (Å²) in [5.74, 6) is 5.46. The summed E-state index contributed by atoms with van der Waals surface area (Å²) in [5, 5.41) is 8.19. The molecule has 6 nitrogen and oxygen atoms in total. The molecule has 0 radical (unpaired) electrons. The van der Waals surface area contributed by atoms with Gasteiger partial charge >= 0.3 is 0 Å². The molecule has 2 aromatic rings. The Hall–Kier alpha value is -1.64. The van der Waals surface area contributed by atoms with Gasteiger partial charge in [0, 0.05) is 5.75 Å². The van der Waals surface area contributed by atoms with Gasteiger partial charge < -0.3 is 5.73 Å². The molecule has 0 saturated carbocycles. The molecular formula is C12H15N5OS2. The molecule has 1 heterocycles. The lowest BCUT2D eigenvalue weighted by Gasteiger charge is -2.10. The number of hydrazine groups is 1. The zero-order valence-electron chi connectivity index (χ0n) is 10.9. The molecule has 0 aliphatic carbocycles. The molecule has 8 heteroatoms. The molecular weight excluding hydrogens is 294 g/mol. The van der Waals surface area contributed by atoms with Crippen LogP contribution in [0.4, 0.5) is 5.13 Å². The van der Waals surface area contributed by atoms with E-state index < -0.39 is 0 Å². The molecule has 0 aliphatic rings. The van der Waals surface area contributed by atoms with Crippen molar-refractivity contribution < 1.29 is 4.79 Å². The van der Waals surface area contributed by atoms with Crippen molar-refractivity contribution >= 4 is 34.1 Å². The topological polar surface area (TPSA) is 107 Å². The van der Waals surface area contributed by atoms with Gasteiger partial charge in [0.05, 0.1) is 5.92 Å². The fraction of sp³-hybridized carbons (Fsp3) is 0.250. The maximum atomic E-state index is 11.4. The third kappa shape index (κ3) is 3.69. The van der Waals surface area contributed by atoms with Crippen LogP contribution in [0, 0.1) is 0 Å². The first-order chi connectivity index (χ1) is 9.60. The average Bonchev–Trinajstić information content (AvgIpc) is 2.89. The van der Waals surface area contributed by atoms with Crippen LogP contribution in [0.15, 0.2) is 28.6 Å². The highest BCUT2D eigenvalue weighted by Gasteiger charge is 2.13. The van der Waals surface area contributed by atoms with E-state index in [1.54, 1.807) is 11.8 Å². The molecule has 1 aromatic heterocycles. The fourth-order valence-electron chi connectivity index (χ4n) is 1.60. The van der Waals surface area contributed by atoms with E-state index in [-0.39, 0.29) is 11.8 Å². The zero-order chi connectivity index (χ0) is 14.5. The number of carbonyl (C=O) groups is 1. The van der Waals surface area contributed by atoms with Gasteiger partial charge in [-0.3, -0.25) is 10.2 Å². The van der Waals surface area contributed by atoms with E-state index >= 15 is 0 Å². The number of nitrogen functional groups attached to an aromatic ring is 1. The summed E-state index contributed by atoms with van der Waals surface area (Å²) in [6, 6.07) is 7.86. The maximum absolute atomic E-state index is 11.4. The van der Waals surface area contributed by atoms with E-state index in [1.165, 1.54) is 11.3 Å². The van der Waals surface area contributed by atoms with Crippen LogP contribution in [-0.2, 0) is 10.5 Å². The van der Waals surface area contributed by atoms with Gasteiger partial charge in [0.1, 0.15) is 0 Å². The number of thioether (sulfide) groups is 1. The van der Waals surface area contributed by atoms with Crippen LogP contribution < -0.4 is 17.0 Å². The van der Waals surface area contributed by atoms with E-state index in [1.807, 2.05) is 31.2 Å². The van der Waals surface area contributed by atoms with Gasteiger partial charge in [-0.25, -0.2) is 5.84 Å². The second kappa shape index (κ2) is 6.69. The van der Waals surface area contributed by atoms with E-state index in [9.17, 15) is 4.79 Å². The van der Waals surface area contributed by atoms with Gasteiger partial charge in [0.15, 0.2) is 4.34 Å². The van der Waals surface area contributed by atoms with Crippen LogP contribution in [0.2, 0.25) is 0 Å². The highest BCUT2D eigenvalue weighted by atomic mass is 32.2. The molecule has 0 saturated heterocycles. The molecule has 1 atom stereocenters. The minimum Gasteiger partial charge on any atom is -0.374 e. The summed E-state index contributed by atoms with van der Waals surface area (Å²) in [6.07, 6.45) is 0. The Labute approximate surface area is 124 Å². The van der Waals surface area contributed by atoms with Crippen LogP contribution in [0.5, 0.6) is 0 Å². The Morgan fingerprint density at radius 1 is 1.40 bits per heavy atom. The number of benzene rings is 1. The summed E-state index contributed by atoms with van der Waals surface area (Å²) in [7, 11) is 0. The third-order valence-electron chi connectivity index (χ3n) is 2.80. The fourth-order valence-corrected chi connectivity index (χ4v) is 3.19. The summed E-state index contributed by atoms with van der Waals surface area (Å²) >= 11 is 2.96. The Morgan fingerprint density at radius 2 is 2.10 bits per heavy atom. The maximum Gasteiger partial charge on any atom is 0.241 e. The number of aromatic nitrogens is 2. The molecule has 0 aliphatic heterocycles. The number of anilines is 1. The summed E-state index contributed by atoms with van der Waals surface area (Å²) in [4.78, 5) is 11.4. The summed E-state index contributed by atoms with van der Waals surface area (Å²) in [5.41, 5.74) is 9.76. The summed E-state index contributed by atoms with van der Waals surface area (Å²) in [6.45, 7) is 1.82. The number of nitrogens with two attached hydrogens (primary N) is 2. The Bertz CT molecular complexity index is 584. The van der Waals surface area contributed by atoms with Crippen LogP contribution >= 0.6 is 23.1 Å². The number of rotatable bonds is 5. The second-order valence-electron chi connectivity index (χ2n) is 4.17. The standard InChI is InChI=1S/C12H15N5OS2/c1-7(10(18)15-14)9-4-2-8(3-5-9)6-19-12-17-16-11(13)20-12/h2-5,7H,6,14H2,1H3,(H2,13,16)(H,15,18). The van der Waals surface area contributed by atoms with Gasteiger partial charge in [0.2, 0.25) is 11.0 Å². The lowest BCUT2D eigenvalue weighted by atomic mass is 10.00. The normalized spacial score (nSPS) is 12.1. The van der Waals surface area contributed by atoms with Crippen molar-refractivity contribution in [3.63, 3.8) is 0 Å². The molecule has 5 N–H and O–H groups in total. The largest absolute Gasteiger partial charge is 0.374 e. The van der Waals surface area contributed by atoms with Crippen LogP contribution in [0.3, 0.4) is 0 Å². The SMILES string of the molecule is CC(C(=O)NN)c1ccc(CSc2nnc(N)s2)cc1. The molecule has 20 heavy (non-hydrogen) atoms. The number of nitrogens with one attached hydrogen (secondary N) is 1. The van der Waals surface area contributed by atoms with E-state index in [0.29, 0.717) is 5.13 Å². The quantitative estimate of drug-likeness (QED) is 0.334. The molecule has 1 unspecified atom stereocenters. The number of hydrogen-bond acceptors (Lipinski definition) is 7.